The quantitative estimate of drug-likeness (QED) is 0.796. The Kier molecular flexibility index (Phi) is 4.43. The van der Waals surface area contributed by atoms with Crippen molar-refractivity contribution in [2.24, 2.45) is 0 Å². The molecule has 0 fully saturated rings. The van der Waals surface area contributed by atoms with Crippen LogP contribution < -0.4 is 4.74 Å². The summed E-state index contributed by atoms with van der Waals surface area (Å²) in [6, 6.07) is 13.3. The first kappa shape index (κ1) is 15.3. The highest BCUT2D eigenvalue weighted by Gasteiger charge is 2.10. The number of carbonyl (C=O) groups excluding carboxylic acids is 1. The van der Waals surface area contributed by atoms with Gasteiger partial charge in [0.1, 0.15) is 5.75 Å². The highest BCUT2D eigenvalue weighted by atomic mass is 32.2. The first-order chi connectivity index (χ1) is 9.90. The standard InChI is InChI=1S/C16H16O4S/c1-20-14-7-3-12(4-8-14)11-16(17)13-5-9-15(10-6-13)21(2,18)19/h3-10H,11H2,1-2H3. The topological polar surface area (TPSA) is 60.4 Å². The molecule has 110 valence electrons. The van der Waals surface area contributed by atoms with Crippen molar-refractivity contribution in [2.45, 2.75) is 11.3 Å². The smallest absolute Gasteiger partial charge is 0.175 e. The maximum atomic E-state index is 12.1. The van der Waals surface area contributed by atoms with E-state index < -0.39 is 9.84 Å². The van der Waals surface area contributed by atoms with Crippen molar-refractivity contribution in [3.8, 4) is 5.75 Å². The molecule has 0 unspecified atom stereocenters. The minimum absolute atomic E-state index is 0.0554. The Morgan fingerprint density at radius 1 is 1.00 bits per heavy atom. The Balaban J connectivity index is 2.12. The monoisotopic (exact) mass is 304 g/mol. The molecule has 0 spiro atoms. The van der Waals surface area contributed by atoms with Gasteiger partial charge in [0.15, 0.2) is 15.6 Å². The molecule has 0 atom stereocenters. The van der Waals surface area contributed by atoms with E-state index in [4.69, 9.17) is 4.74 Å². The molecule has 0 aliphatic rings. The second-order valence-electron chi connectivity index (χ2n) is 4.74. The SMILES string of the molecule is COc1ccc(CC(=O)c2ccc(S(C)(=O)=O)cc2)cc1. The van der Waals surface area contributed by atoms with E-state index in [0.717, 1.165) is 17.6 Å². The van der Waals surface area contributed by atoms with Crippen LogP contribution >= 0.6 is 0 Å². The zero-order valence-corrected chi connectivity index (χ0v) is 12.7. The van der Waals surface area contributed by atoms with E-state index in [1.165, 1.54) is 12.1 Å². The fraction of sp³-hybridized carbons (Fsp3) is 0.188. The normalized spacial score (nSPS) is 11.1. The first-order valence-electron chi connectivity index (χ1n) is 6.36. The van der Waals surface area contributed by atoms with Gasteiger partial charge in [0.05, 0.1) is 12.0 Å². The number of rotatable bonds is 5. The Morgan fingerprint density at radius 3 is 2.05 bits per heavy atom. The van der Waals surface area contributed by atoms with Crippen LogP contribution in [-0.2, 0) is 16.3 Å². The van der Waals surface area contributed by atoms with Crippen LogP contribution in [-0.4, -0.2) is 27.6 Å². The number of ether oxygens (including phenoxy) is 1. The van der Waals surface area contributed by atoms with Gasteiger partial charge in [0.25, 0.3) is 0 Å². The summed E-state index contributed by atoms with van der Waals surface area (Å²) in [5.74, 6) is 0.684. The number of methoxy groups -OCH3 is 1. The zero-order chi connectivity index (χ0) is 15.5. The number of sulfone groups is 1. The van der Waals surface area contributed by atoms with Gasteiger partial charge in [-0.3, -0.25) is 4.79 Å². The molecule has 0 saturated carbocycles. The van der Waals surface area contributed by atoms with Crippen molar-refractivity contribution in [1.29, 1.82) is 0 Å². The molecule has 0 N–H and O–H groups in total. The van der Waals surface area contributed by atoms with Gasteiger partial charge in [-0.2, -0.15) is 0 Å². The van der Waals surface area contributed by atoms with Crippen LogP contribution in [0.4, 0.5) is 0 Å². The van der Waals surface area contributed by atoms with Crippen LogP contribution in [0, 0.1) is 0 Å². The number of hydrogen-bond acceptors (Lipinski definition) is 4. The highest BCUT2D eigenvalue weighted by molar-refractivity contribution is 7.90. The van der Waals surface area contributed by atoms with Crippen molar-refractivity contribution in [3.05, 3.63) is 59.7 Å². The van der Waals surface area contributed by atoms with Crippen LogP contribution in [0.25, 0.3) is 0 Å². The van der Waals surface area contributed by atoms with Gasteiger partial charge in [-0.15, -0.1) is 0 Å². The molecular weight excluding hydrogens is 288 g/mol. The molecular formula is C16H16O4S. The molecule has 0 aliphatic heterocycles. The summed E-state index contributed by atoms with van der Waals surface area (Å²) in [5, 5.41) is 0. The number of ketones is 1. The molecule has 0 saturated heterocycles. The molecule has 21 heavy (non-hydrogen) atoms. The van der Waals surface area contributed by atoms with E-state index in [1.807, 2.05) is 12.1 Å². The van der Waals surface area contributed by atoms with Crippen LogP contribution in [0.3, 0.4) is 0 Å². The summed E-state index contributed by atoms with van der Waals surface area (Å²) in [6.45, 7) is 0. The molecule has 0 aliphatic carbocycles. The molecule has 0 bridgehead atoms. The Bertz CT molecular complexity index is 729. The fourth-order valence-corrected chi connectivity index (χ4v) is 2.55. The van der Waals surface area contributed by atoms with Crippen molar-refractivity contribution < 1.29 is 17.9 Å². The van der Waals surface area contributed by atoms with Crippen LogP contribution in [0.1, 0.15) is 15.9 Å². The lowest BCUT2D eigenvalue weighted by Gasteiger charge is -2.04. The van der Waals surface area contributed by atoms with Gasteiger partial charge < -0.3 is 4.74 Å². The maximum Gasteiger partial charge on any atom is 0.175 e. The number of benzene rings is 2. The fourth-order valence-electron chi connectivity index (χ4n) is 1.92. The molecule has 5 heteroatoms. The zero-order valence-electron chi connectivity index (χ0n) is 11.9. The molecule has 2 rings (SSSR count). The van der Waals surface area contributed by atoms with Crippen LogP contribution in [0.2, 0.25) is 0 Å². The lowest BCUT2D eigenvalue weighted by atomic mass is 10.0. The molecule has 2 aromatic rings. The van der Waals surface area contributed by atoms with Crippen molar-refractivity contribution in [2.75, 3.05) is 13.4 Å². The Hall–Kier alpha value is -2.14. The maximum absolute atomic E-state index is 12.1. The lowest BCUT2D eigenvalue weighted by Crippen LogP contribution is -2.04. The van der Waals surface area contributed by atoms with Gasteiger partial charge in [0, 0.05) is 18.2 Å². The van der Waals surface area contributed by atoms with E-state index >= 15 is 0 Å². The largest absolute Gasteiger partial charge is 0.497 e. The minimum Gasteiger partial charge on any atom is -0.497 e. The van der Waals surface area contributed by atoms with Crippen molar-refractivity contribution in [3.63, 3.8) is 0 Å². The number of carbonyl (C=O) groups is 1. The molecule has 0 radical (unpaired) electrons. The van der Waals surface area contributed by atoms with E-state index in [9.17, 15) is 13.2 Å². The Morgan fingerprint density at radius 2 is 1.57 bits per heavy atom. The van der Waals surface area contributed by atoms with Gasteiger partial charge in [0.2, 0.25) is 0 Å². The lowest BCUT2D eigenvalue weighted by molar-refractivity contribution is 0.0993. The van der Waals surface area contributed by atoms with Gasteiger partial charge in [-0.25, -0.2) is 8.42 Å². The van der Waals surface area contributed by atoms with E-state index in [2.05, 4.69) is 0 Å². The first-order valence-corrected chi connectivity index (χ1v) is 8.25. The molecule has 4 nitrogen and oxygen atoms in total. The van der Waals surface area contributed by atoms with Crippen molar-refractivity contribution >= 4 is 15.6 Å². The highest BCUT2D eigenvalue weighted by Crippen LogP contribution is 2.15. The van der Waals surface area contributed by atoms with E-state index in [-0.39, 0.29) is 17.1 Å². The van der Waals surface area contributed by atoms with Crippen LogP contribution in [0.5, 0.6) is 5.75 Å². The van der Waals surface area contributed by atoms with Crippen molar-refractivity contribution in [1.82, 2.24) is 0 Å². The third-order valence-corrected chi connectivity index (χ3v) is 4.26. The number of Topliss-reactive ketones (excluding diaryl/α,β-unsaturated/α-hetero) is 1. The second kappa shape index (κ2) is 6.10. The van der Waals surface area contributed by atoms with Gasteiger partial charge in [-0.1, -0.05) is 24.3 Å². The summed E-state index contributed by atoms with van der Waals surface area (Å²) in [7, 11) is -1.65. The van der Waals surface area contributed by atoms with E-state index in [1.54, 1.807) is 31.4 Å². The van der Waals surface area contributed by atoms with Gasteiger partial charge >= 0.3 is 0 Å². The summed E-state index contributed by atoms with van der Waals surface area (Å²) < 4.78 is 27.8. The molecule has 2 aromatic carbocycles. The summed E-state index contributed by atoms with van der Waals surface area (Å²) in [4.78, 5) is 12.4. The Labute approximate surface area is 124 Å². The average Bonchev–Trinajstić information content (AvgIpc) is 2.47. The third-order valence-electron chi connectivity index (χ3n) is 3.13. The minimum atomic E-state index is -3.24. The molecule has 0 heterocycles. The predicted octanol–water partition coefficient (Wildman–Crippen LogP) is 2.52. The summed E-state index contributed by atoms with van der Waals surface area (Å²) in [5.41, 5.74) is 1.38. The van der Waals surface area contributed by atoms with E-state index in [0.29, 0.717) is 5.56 Å². The molecule has 0 amide bonds. The third kappa shape index (κ3) is 3.92. The summed E-state index contributed by atoms with van der Waals surface area (Å²) in [6.07, 6.45) is 1.41. The van der Waals surface area contributed by atoms with Crippen LogP contribution in [0.15, 0.2) is 53.4 Å². The summed E-state index contributed by atoms with van der Waals surface area (Å²) >= 11 is 0. The predicted molar refractivity (Wildman–Crippen MR) is 80.6 cm³/mol. The average molecular weight is 304 g/mol. The molecule has 0 aromatic heterocycles. The second-order valence-corrected chi connectivity index (χ2v) is 6.76. The van der Waals surface area contributed by atoms with Gasteiger partial charge in [-0.05, 0) is 29.8 Å². The number of hydrogen-bond donors (Lipinski definition) is 0.